The summed E-state index contributed by atoms with van der Waals surface area (Å²) >= 11 is 1.72. The van der Waals surface area contributed by atoms with E-state index in [4.69, 9.17) is 15.5 Å². The van der Waals surface area contributed by atoms with Crippen molar-refractivity contribution >= 4 is 38.4 Å². The van der Waals surface area contributed by atoms with Crippen LogP contribution in [0.25, 0.3) is 21.3 Å². The van der Waals surface area contributed by atoms with E-state index in [9.17, 15) is 0 Å². The summed E-state index contributed by atoms with van der Waals surface area (Å²) in [5.41, 5.74) is 9.19. The van der Waals surface area contributed by atoms with Gasteiger partial charge in [0.1, 0.15) is 11.3 Å². The summed E-state index contributed by atoms with van der Waals surface area (Å²) in [7, 11) is 3.94. The number of nitrogen functional groups attached to an aromatic ring is 1. The van der Waals surface area contributed by atoms with E-state index in [1.165, 1.54) is 30.6 Å². The fourth-order valence-electron chi connectivity index (χ4n) is 3.74. The summed E-state index contributed by atoms with van der Waals surface area (Å²) < 4.78 is 8.88. The molecular formula is C18H25N5OS. The van der Waals surface area contributed by atoms with Crippen molar-refractivity contribution in [3.63, 3.8) is 0 Å². The number of aromatic nitrogens is 3. The number of nitrogens with two attached hydrogens (primary N) is 1. The van der Waals surface area contributed by atoms with E-state index >= 15 is 0 Å². The van der Waals surface area contributed by atoms with Crippen molar-refractivity contribution in [2.75, 3.05) is 39.6 Å². The van der Waals surface area contributed by atoms with E-state index < -0.39 is 0 Å². The molecule has 7 heteroatoms. The minimum atomic E-state index is 0.529. The van der Waals surface area contributed by atoms with Gasteiger partial charge in [-0.05, 0) is 50.3 Å². The highest BCUT2D eigenvalue weighted by Crippen LogP contribution is 2.33. The molecule has 2 N–H and O–H groups in total. The number of fused-ring (bicyclic) bond motifs is 3. The minimum absolute atomic E-state index is 0.529. The standard InChI is InChI=1S/C18H25N5OS/c1-22-7-3-12(4-8-22)11-23-14(5-9-24-2)21-15-16(23)17-13(6-10-25-17)20-18(15)19/h6,10,12H,3-5,7-9,11H2,1-2H3,(H2,19,20). The van der Waals surface area contributed by atoms with Crippen LogP contribution in [0.2, 0.25) is 0 Å². The molecule has 0 spiro atoms. The molecule has 134 valence electrons. The Morgan fingerprint density at radius 3 is 2.88 bits per heavy atom. The first-order valence-electron chi connectivity index (χ1n) is 8.86. The maximum absolute atomic E-state index is 6.22. The molecule has 0 aromatic carbocycles. The van der Waals surface area contributed by atoms with Crippen molar-refractivity contribution in [1.29, 1.82) is 0 Å². The smallest absolute Gasteiger partial charge is 0.152 e. The summed E-state index contributed by atoms with van der Waals surface area (Å²) in [4.78, 5) is 11.8. The molecule has 1 saturated heterocycles. The number of likely N-dealkylation sites (tertiary alicyclic amines) is 1. The summed E-state index contributed by atoms with van der Waals surface area (Å²) in [6.07, 6.45) is 3.26. The van der Waals surface area contributed by atoms with Crippen LogP contribution in [0.5, 0.6) is 0 Å². The monoisotopic (exact) mass is 359 g/mol. The lowest BCUT2D eigenvalue weighted by Crippen LogP contribution is -2.32. The van der Waals surface area contributed by atoms with Crippen molar-refractivity contribution in [2.24, 2.45) is 5.92 Å². The van der Waals surface area contributed by atoms with Crippen LogP contribution in [0.3, 0.4) is 0 Å². The molecule has 3 aromatic rings. The van der Waals surface area contributed by atoms with Crippen molar-refractivity contribution in [3.8, 4) is 0 Å². The molecule has 0 amide bonds. The first-order valence-corrected chi connectivity index (χ1v) is 9.74. The molecular weight excluding hydrogens is 334 g/mol. The molecule has 0 saturated carbocycles. The number of imidazole rings is 1. The van der Waals surface area contributed by atoms with Gasteiger partial charge in [-0.3, -0.25) is 0 Å². The number of methoxy groups -OCH3 is 1. The number of ether oxygens (including phenoxy) is 1. The van der Waals surface area contributed by atoms with Gasteiger partial charge in [-0.25, -0.2) is 9.97 Å². The topological polar surface area (TPSA) is 69.2 Å². The van der Waals surface area contributed by atoms with Crippen molar-refractivity contribution < 1.29 is 4.74 Å². The van der Waals surface area contributed by atoms with Crippen molar-refractivity contribution in [3.05, 3.63) is 17.3 Å². The lowest BCUT2D eigenvalue weighted by atomic mass is 9.97. The van der Waals surface area contributed by atoms with Crippen LogP contribution in [-0.4, -0.2) is 53.3 Å². The Balaban J connectivity index is 1.80. The molecule has 0 bridgehead atoms. The summed E-state index contributed by atoms with van der Waals surface area (Å²) in [6.45, 7) is 4.00. The highest BCUT2D eigenvalue weighted by Gasteiger charge is 2.22. The van der Waals surface area contributed by atoms with Gasteiger partial charge in [0.25, 0.3) is 0 Å². The molecule has 1 aliphatic heterocycles. The van der Waals surface area contributed by atoms with E-state index in [-0.39, 0.29) is 0 Å². The average Bonchev–Trinajstić information content (AvgIpc) is 3.20. The summed E-state index contributed by atoms with van der Waals surface area (Å²) in [5.74, 6) is 2.27. The molecule has 3 aromatic heterocycles. The molecule has 6 nitrogen and oxygen atoms in total. The van der Waals surface area contributed by atoms with Crippen LogP contribution >= 0.6 is 11.3 Å². The number of anilines is 1. The second kappa shape index (κ2) is 6.90. The van der Waals surface area contributed by atoms with Crippen molar-refractivity contribution in [1.82, 2.24) is 19.4 Å². The predicted octanol–water partition coefficient (Wildman–Crippen LogP) is 2.76. The fraction of sp³-hybridized carbons (Fsp3) is 0.556. The van der Waals surface area contributed by atoms with Crippen LogP contribution in [0.4, 0.5) is 5.82 Å². The number of nitrogens with zero attached hydrogens (tertiary/aromatic N) is 4. The number of hydrogen-bond donors (Lipinski definition) is 1. The predicted molar refractivity (Wildman–Crippen MR) is 103 cm³/mol. The van der Waals surface area contributed by atoms with Gasteiger partial charge >= 0.3 is 0 Å². The fourth-order valence-corrected chi connectivity index (χ4v) is 4.63. The SMILES string of the molecule is COCCc1nc2c(N)nc3ccsc3c2n1CC1CCN(C)CC1. The minimum Gasteiger partial charge on any atom is -0.384 e. The summed E-state index contributed by atoms with van der Waals surface area (Å²) in [5, 5.41) is 2.08. The third kappa shape index (κ3) is 3.12. The Morgan fingerprint density at radius 1 is 1.32 bits per heavy atom. The molecule has 1 fully saturated rings. The van der Waals surface area contributed by atoms with Gasteiger partial charge in [0.15, 0.2) is 5.82 Å². The first-order chi connectivity index (χ1) is 12.2. The largest absolute Gasteiger partial charge is 0.384 e. The van der Waals surface area contributed by atoms with E-state index in [0.717, 1.165) is 35.3 Å². The Hall–Kier alpha value is -1.70. The lowest BCUT2D eigenvalue weighted by Gasteiger charge is -2.29. The molecule has 0 radical (unpaired) electrons. The lowest BCUT2D eigenvalue weighted by molar-refractivity contribution is 0.194. The Kier molecular flexibility index (Phi) is 4.62. The molecule has 1 aliphatic rings. The van der Waals surface area contributed by atoms with E-state index in [1.54, 1.807) is 18.4 Å². The number of rotatable bonds is 5. The van der Waals surface area contributed by atoms with Crippen LogP contribution in [-0.2, 0) is 17.7 Å². The van der Waals surface area contributed by atoms with Crippen LogP contribution in [0, 0.1) is 5.92 Å². The number of pyridine rings is 1. The van der Waals surface area contributed by atoms with Gasteiger partial charge < -0.3 is 19.9 Å². The van der Waals surface area contributed by atoms with E-state index in [2.05, 4.69) is 26.9 Å². The Bertz CT molecular complexity index is 878. The molecule has 4 rings (SSSR count). The highest BCUT2D eigenvalue weighted by atomic mass is 32.1. The van der Waals surface area contributed by atoms with Gasteiger partial charge in [0.05, 0.1) is 22.3 Å². The molecule has 0 unspecified atom stereocenters. The van der Waals surface area contributed by atoms with Gasteiger partial charge in [-0.15, -0.1) is 11.3 Å². The molecule has 25 heavy (non-hydrogen) atoms. The second-order valence-corrected chi connectivity index (χ2v) is 7.87. The molecule has 0 aliphatic carbocycles. The number of hydrogen-bond acceptors (Lipinski definition) is 6. The second-order valence-electron chi connectivity index (χ2n) is 6.96. The van der Waals surface area contributed by atoms with E-state index in [1.807, 2.05) is 6.07 Å². The zero-order valence-corrected chi connectivity index (χ0v) is 15.7. The van der Waals surface area contributed by atoms with Gasteiger partial charge in [0.2, 0.25) is 0 Å². The van der Waals surface area contributed by atoms with E-state index in [0.29, 0.717) is 18.3 Å². The normalized spacial score (nSPS) is 17.0. The van der Waals surface area contributed by atoms with Gasteiger partial charge in [-0.2, -0.15) is 0 Å². The highest BCUT2D eigenvalue weighted by molar-refractivity contribution is 7.18. The third-order valence-electron chi connectivity index (χ3n) is 5.20. The molecule has 0 atom stereocenters. The zero-order valence-electron chi connectivity index (χ0n) is 14.9. The van der Waals surface area contributed by atoms with Crippen LogP contribution < -0.4 is 5.73 Å². The van der Waals surface area contributed by atoms with Gasteiger partial charge in [-0.1, -0.05) is 0 Å². The number of thiophene rings is 1. The average molecular weight is 359 g/mol. The number of piperidine rings is 1. The van der Waals surface area contributed by atoms with Crippen LogP contribution in [0.15, 0.2) is 11.4 Å². The maximum Gasteiger partial charge on any atom is 0.152 e. The Morgan fingerprint density at radius 2 is 2.12 bits per heavy atom. The Labute approximate surface area is 151 Å². The van der Waals surface area contributed by atoms with Gasteiger partial charge in [0, 0.05) is 20.1 Å². The summed E-state index contributed by atoms with van der Waals surface area (Å²) in [6, 6.07) is 2.04. The van der Waals surface area contributed by atoms with Crippen LogP contribution in [0.1, 0.15) is 18.7 Å². The molecule has 4 heterocycles. The van der Waals surface area contributed by atoms with Crippen molar-refractivity contribution in [2.45, 2.75) is 25.8 Å². The zero-order chi connectivity index (χ0) is 17.4. The first kappa shape index (κ1) is 16.8. The quantitative estimate of drug-likeness (QED) is 0.758. The maximum atomic E-state index is 6.22. The third-order valence-corrected chi connectivity index (χ3v) is 6.11.